The molecular formula is C28H34O7. The maximum atomic E-state index is 11.0. The second-order valence-electron chi connectivity index (χ2n) is 7.83. The number of carboxylic acid groups (broad SMARTS) is 1. The van der Waals surface area contributed by atoms with Gasteiger partial charge in [0.2, 0.25) is 0 Å². The first-order chi connectivity index (χ1) is 17.0. The fraction of sp³-hybridized carbons (Fsp3) is 0.321. The maximum Gasteiger partial charge on any atom is 0.335 e. The SMILES string of the molecule is COc1ccc(C(=O)O)cc1OCCc1cccc(CCO)c1.OCCc1cccc(CCO)c1. The summed E-state index contributed by atoms with van der Waals surface area (Å²) in [5.41, 5.74) is 4.59. The zero-order valence-electron chi connectivity index (χ0n) is 20.0. The van der Waals surface area contributed by atoms with Gasteiger partial charge >= 0.3 is 5.97 Å². The van der Waals surface area contributed by atoms with Crippen LogP contribution in [0.3, 0.4) is 0 Å². The number of aliphatic hydroxyl groups excluding tert-OH is 3. The summed E-state index contributed by atoms with van der Waals surface area (Å²) in [4.78, 5) is 11.0. The van der Waals surface area contributed by atoms with Gasteiger partial charge in [0, 0.05) is 26.2 Å². The molecule has 7 nitrogen and oxygen atoms in total. The third-order valence-electron chi connectivity index (χ3n) is 5.24. The molecule has 7 heteroatoms. The highest BCUT2D eigenvalue weighted by atomic mass is 16.5. The van der Waals surface area contributed by atoms with E-state index in [1.165, 1.54) is 19.2 Å². The van der Waals surface area contributed by atoms with Crippen molar-refractivity contribution in [3.8, 4) is 11.5 Å². The number of carboxylic acids is 1. The van der Waals surface area contributed by atoms with Crippen LogP contribution in [0.5, 0.6) is 11.5 Å². The molecule has 35 heavy (non-hydrogen) atoms. The lowest BCUT2D eigenvalue weighted by atomic mass is 10.1. The quantitative estimate of drug-likeness (QED) is 0.313. The van der Waals surface area contributed by atoms with Gasteiger partial charge in [-0.25, -0.2) is 4.79 Å². The van der Waals surface area contributed by atoms with Crippen molar-refractivity contribution in [3.05, 3.63) is 94.5 Å². The molecule has 0 spiro atoms. The summed E-state index contributed by atoms with van der Waals surface area (Å²) in [6.45, 7) is 0.895. The Labute approximate surface area is 206 Å². The molecule has 3 rings (SSSR count). The molecule has 0 unspecified atom stereocenters. The Balaban J connectivity index is 0.000000303. The number of rotatable bonds is 12. The Bertz CT molecular complexity index is 1030. The molecule has 188 valence electrons. The van der Waals surface area contributed by atoms with Gasteiger partial charge in [-0.2, -0.15) is 0 Å². The van der Waals surface area contributed by atoms with Crippen LogP contribution in [0.15, 0.2) is 66.7 Å². The van der Waals surface area contributed by atoms with Crippen molar-refractivity contribution in [1.29, 1.82) is 0 Å². The van der Waals surface area contributed by atoms with Gasteiger partial charge in [0.25, 0.3) is 0 Å². The molecule has 0 aromatic heterocycles. The van der Waals surface area contributed by atoms with E-state index in [1.807, 2.05) is 48.5 Å². The largest absolute Gasteiger partial charge is 0.493 e. The molecule has 0 aliphatic carbocycles. The lowest BCUT2D eigenvalue weighted by Crippen LogP contribution is -2.05. The lowest BCUT2D eigenvalue weighted by molar-refractivity contribution is 0.0696. The van der Waals surface area contributed by atoms with E-state index in [4.69, 9.17) is 29.9 Å². The van der Waals surface area contributed by atoms with Crippen LogP contribution in [-0.2, 0) is 25.7 Å². The van der Waals surface area contributed by atoms with Crippen LogP contribution in [0.4, 0.5) is 0 Å². The van der Waals surface area contributed by atoms with Crippen molar-refractivity contribution < 1.29 is 34.7 Å². The lowest BCUT2D eigenvalue weighted by Gasteiger charge is -2.11. The minimum Gasteiger partial charge on any atom is -0.493 e. The summed E-state index contributed by atoms with van der Waals surface area (Å²) in [5.74, 6) is -0.0860. The van der Waals surface area contributed by atoms with E-state index in [0.29, 0.717) is 43.8 Å². The Morgan fingerprint density at radius 2 is 1.17 bits per heavy atom. The van der Waals surface area contributed by atoms with E-state index in [0.717, 1.165) is 22.3 Å². The highest BCUT2D eigenvalue weighted by molar-refractivity contribution is 5.88. The van der Waals surface area contributed by atoms with Crippen molar-refractivity contribution in [2.75, 3.05) is 33.5 Å². The standard InChI is InChI=1S/C18H20O5.C10H14O2/c1-22-16-6-5-15(18(20)21)12-17(16)23-10-8-14-4-2-3-13(11-14)7-9-19;11-6-4-9-2-1-3-10(8-9)5-7-12/h2-6,11-12,19H,7-10H2,1H3,(H,20,21);1-3,8,11-12H,4-7H2. The van der Waals surface area contributed by atoms with Gasteiger partial charge in [-0.1, -0.05) is 48.5 Å². The zero-order valence-corrected chi connectivity index (χ0v) is 20.0. The second-order valence-corrected chi connectivity index (χ2v) is 7.83. The number of benzene rings is 3. The molecule has 0 aliphatic rings. The fourth-order valence-electron chi connectivity index (χ4n) is 3.47. The van der Waals surface area contributed by atoms with Crippen molar-refractivity contribution in [2.24, 2.45) is 0 Å². The summed E-state index contributed by atoms with van der Waals surface area (Å²) in [6, 6.07) is 20.4. The molecule has 4 N–H and O–H groups in total. The average molecular weight is 483 g/mol. The van der Waals surface area contributed by atoms with Crippen LogP contribution >= 0.6 is 0 Å². The van der Waals surface area contributed by atoms with Gasteiger partial charge in [-0.15, -0.1) is 0 Å². The molecule has 0 saturated carbocycles. The molecule has 0 heterocycles. The second kappa shape index (κ2) is 15.5. The van der Waals surface area contributed by atoms with Crippen LogP contribution in [-0.4, -0.2) is 59.9 Å². The van der Waals surface area contributed by atoms with Crippen molar-refractivity contribution in [2.45, 2.75) is 25.7 Å². The number of ether oxygens (including phenoxy) is 2. The molecule has 0 bridgehead atoms. The number of hydrogen-bond acceptors (Lipinski definition) is 6. The molecule has 0 aliphatic heterocycles. The van der Waals surface area contributed by atoms with E-state index in [2.05, 4.69) is 0 Å². The third-order valence-corrected chi connectivity index (χ3v) is 5.24. The maximum absolute atomic E-state index is 11.0. The molecular weight excluding hydrogens is 448 g/mol. The third kappa shape index (κ3) is 9.78. The van der Waals surface area contributed by atoms with Crippen LogP contribution in [0.1, 0.15) is 32.6 Å². The number of hydrogen-bond donors (Lipinski definition) is 4. The van der Waals surface area contributed by atoms with Gasteiger partial charge in [-0.05, 0) is 59.7 Å². The van der Waals surface area contributed by atoms with Crippen LogP contribution < -0.4 is 9.47 Å². The van der Waals surface area contributed by atoms with Crippen molar-refractivity contribution >= 4 is 5.97 Å². The first kappa shape index (κ1) is 27.9. The Morgan fingerprint density at radius 1 is 0.686 bits per heavy atom. The predicted octanol–water partition coefficient (Wildman–Crippen LogP) is 3.31. The van der Waals surface area contributed by atoms with E-state index in [-0.39, 0.29) is 25.4 Å². The van der Waals surface area contributed by atoms with E-state index >= 15 is 0 Å². The topological polar surface area (TPSA) is 116 Å². The Morgan fingerprint density at radius 3 is 1.60 bits per heavy atom. The number of aliphatic hydroxyl groups is 3. The molecule has 0 atom stereocenters. The van der Waals surface area contributed by atoms with Crippen LogP contribution in [0.25, 0.3) is 0 Å². The highest BCUT2D eigenvalue weighted by Crippen LogP contribution is 2.28. The van der Waals surface area contributed by atoms with Crippen LogP contribution in [0.2, 0.25) is 0 Å². The van der Waals surface area contributed by atoms with Crippen molar-refractivity contribution in [1.82, 2.24) is 0 Å². The molecule has 3 aromatic carbocycles. The van der Waals surface area contributed by atoms with E-state index in [1.54, 1.807) is 6.07 Å². The summed E-state index contributed by atoms with van der Waals surface area (Å²) >= 11 is 0. The van der Waals surface area contributed by atoms with Gasteiger partial charge in [0.05, 0.1) is 19.3 Å². The Kier molecular flexibility index (Phi) is 12.3. The zero-order chi connectivity index (χ0) is 25.5. The molecule has 0 fully saturated rings. The monoisotopic (exact) mass is 482 g/mol. The fourth-order valence-corrected chi connectivity index (χ4v) is 3.47. The van der Waals surface area contributed by atoms with Gasteiger partial charge in [-0.3, -0.25) is 0 Å². The van der Waals surface area contributed by atoms with E-state index < -0.39 is 5.97 Å². The summed E-state index contributed by atoms with van der Waals surface area (Å²) in [7, 11) is 1.51. The van der Waals surface area contributed by atoms with Gasteiger partial charge in [0.1, 0.15) is 0 Å². The summed E-state index contributed by atoms with van der Waals surface area (Å²) in [5, 5.41) is 35.4. The summed E-state index contributed by atoms with van der Waals surface area (Å²) < 4.78 is 10.9. The average Bonchev–Trinajstić information content (AvgIpc) is 2.85. The summed E-state index contributed by atoms with van der Waals surface area (Å²) in [6.07, 6.45) is 2.70. The molecule has 3 aromatic rings. The minimum atomic E-state index is -1.01. The van der Waals surface area contributed by atoms with Gasteiger partial charge in [0.15, 0.2) is 11.5 Å². The van der Waals surface area contributed by atoms with E-state index in [9.17, 15) is 4.79 Å². The predicted molar refractivity (Wildman–Crippen MR) is 134 cm³/mol. The highest BCUT2D eigenvalue weighted by Gasteiger charge is 2.10. The smallest absolute Gasteiger partial charge is 0.335 e. The first-order valence-electron chi connectivity index (χ1n) is 11.5. The minimum absolute atomic E-state index is 0.124. The normalized spacial score (nSPS) is 10.3. The number of aromatic carboxylic acids is 1. The molecule has 0 amide bonds. The Hall–Kier alpha value is -3.39. The number of carbonyl (C=O) groups is 1. The van der Waals surface area contributed by atoms with Crippen molar-refractivity contribution in [3.63, 3.8) is 0 Å². The van der Waals surface area contributed by atoms with Gasteiger partial charge < -0.3 is 29.9 Å². The van der Waals surface area contributed by atoms with Crippen LogP contribution in [0, 0.1) is 0 Å². The molecule has 0 saturated heterocycles. The number of methoxy groups -OCH3 is 1. The molecule has 0 radical (unpaired) electrons. The first-order valence-corrected chi connectivity index (χ1v) is 11.5.